The summed E-state index contributed by atoms with van der Waals surface area (Å²) in [4.78, 5) is 20.7. The van der Waals surface area contributed by atoms with Crippen LogP contribution in [0.15, 0.2) is 28.9 Å². The van der Waals surface area contributed by atoms with Crippen molar-refractivity contribution in [3.8, 4) is 0 Å². The highest BCUT2D eigenvalue weighted by Crippen LogP contribution is 2.27. The fraction of sp³-hybridized carbons (Fsp3) is 0.333. The van der Waals surface area contributed by atoms with Crippen LogP contribution >= 0.6 is 15.9 Å². The predicted molar refractivity (Wildman–Crippen MR) is 122 cm³/mol. The zero-order valence-electron chi connectivity index (χ0n) is 16.6. The van der Waals surface area contributed by atoms with Crippen LogP contribution in [-0.4, -0.2) is 49.6 Å². The molecule has 1 aromatic heterocycles. The van der Waals surface area contributed by atoms with E-state index in [0.717, 1.165) is 5.56 Å². The molecule has 2 rings (SSSR count). The normalized spacial score (nSPS) is 15.0. The Hall–Kier alpha value is -2.37. The second-order valence-corrected chi connectivity index (χ2v) is 9.80. The molecule has 158 valence electrons. The van der Waals surface area contributed by atoms with Gasteiger partial charge in [-0.3, -0.25) is 4.72 Å². The summed E-state index contributed by atoms with van der Waals surface area (Å²) in [5.41, 5.74) is 1.97. The topological polar surface area (TPSA) is 128 Å². The Kier molecular flexibility index (Phi) is 7.44. The molecule has 2 amide bonds. The third-order valence-corrected chi connectivity index (χ3v) is 5.17. The largest absolute Gasteiger partial charge is 0.391 e. The van der Waals surface area contributed by atoms with E-state index in [1.54, 1.807) is 25.3 Å². The molecule has 1 aromatic carbocycles. The van der Waals surface area contributed by atoms with Gasteiger partial charge in [-0.05, 0) is 60.3 Å². The van der Waals surface area contributed by atoms with Crippen molar-refractivity contribution in [2.45, 2.75) is 32.9 Å². The molecule has 2 aromatic rings. The van der Waals surface area contributed by atoms with Crippen molar-refractivity contribution in [1.82, 2.24) is 14.7 Å². The monoisotopic (exact) mass is 484 g/mol. The number of aliphatic hydroxyl groups excluding tert-OH is 1. The van der Waals surface area contributed by atoms with E-state index in [4.69, 9.17) is 0 Å². The third-order valence-electron chi connectivity index (χ3n) is 3.97. The summed E-state index contributed by atoms with van der Waals surface area (Å²) in [7, 11) is -2.67. The van der Waals surface area contributed by atoms with E-state index >= 15 is 0 Å². The number of aromatic nitrogens is 2. The van der Waals surface area contributed by atoms with Gasteiger partial charge in [0.05, 0.1) is 16.6 Å². The summed E-state index contributed by atoms with van der Waals surface area (Å²) in [6, 6.07) is 4.49. The van der Waals surface area contributed by atoms with Crippen LogP contribution in [0.4, 0.5) is 27.9 Å². The van der Waals surface area contributed by atoms with E-state index in [-0.39, 0.29) is 6.04 Å². The summed E-state index contributed by atoms with van der Waals surface area (Å²) in [5, 5.41) is 18.6. The summed E-state index contributed by atoms with van der Waals surface area (Å²) >= 11 is 3.39. The Bertz CT molecular complexity index is 997. The fourth-order valence-electron chi connectivity index (χ4n) is 2.24. The molecule has 5 N–H and O–H groups in total. The number of aliphatic hydroxyl groups is 1. The second kappa shape index (κ2) is 9.42. The molecule has 9 nitrogen and oxygen atoms in total. The number of amides is 2. The Morgan fingerprint density at radius 2 is 1.97 bits per heavy atom. The van der Waals surface area contributed by atoms with Crippen molar-refractivity contribution in [1.29, 1.82) is 0 Å². The number of urea groups is 1. The number of carbonyl (C=O) groups is 1. The average Bonchev–Trinajstić information content (AvgIpc) is 2.59. The summed E-state index contributed by atoms with van der Waals surface area (Å²) < 4.78 is 14.6. The van der Waals surface area contributed by atoms with E-state index in [1.807, 2.05) is 19.9 Å². The lowest BCUT2D eigenvalue weighted by Crippen LogP contribution is -2.33. The number of carbonyl (C=O) groups excluding carboxylic acids is 1. The van der Waals surface area contributed by atoms with Crippen LogP contribution in [0.5, 0.6) is 0 Å². The second-order valence-electron chi connectivity index (χ2n) is 6.73. The third kappa shape index (κ3) is 6.87. The number of nitrogens with one attached hydrogen (secondary N) is 4. The van der Waals surface area contributed by atoms with Crippen molar-refractivity contribution in [3.63, 3.8) is 0 Å². The molecule has 3 atom stereocenters. The van der Waals surface area contributed by atoms with Crippen molar-refractivity contribution >= 4 is 60.7 Å². The number of hydrogen-bond donors (Lipinski definition) is 5. The Morgan fingerprint density at radius 3 is 2.59 bits per heavy atom. The summed E-state index contributed by atoms with van der Waals surface area (Å²) in [6.45, 7) is 5.35. The number of halogens is 1. The van der Waals surface area contributed by atoms with Gasteiger partial charge in [0.1, 0.15) is 5.82 Å². The minimum Gasteiger partial charge on any atom is -0.391 e. The molecular weight excluding hydrogens is 460 g/mol. The van der Waals surface area contributed by atoms with Gasteiger partial charge in [0.15, 0.2) is 0 Å². The van der Waals surface area contributed by atoms with Crippen LogP contribution < -0.4 is 20.7 Å². The molecule has 0 saturated heterocycles. The highest BCUT2D eigenvalue weighted by atomic mass is 79.9. The van der Waals surface area contributed by atoms with Crippen LogP contribution in [0.2, 0.25) is 0 Å². The van der Waals surface area contributed by atoms with E-state index < -0.39 is 21.8 Å². The Balaban J connectivity index is 2.21. The van der Waals surface area contributed by atoms with E-state index in [2.05, 4.69) is 52.4 Å². The van der Waals surface area contributed by atoms with Crippen LogP contribution in [0, 0.1) is 6.92 Å². The first-order chi connectivity index (χ1) is 13.5. The van der Waals surface area contributed by atoms with E-state index in [0.29, 0.717) is 27.6 Å². The molecule has 0 aliphatic carbocycles. The van der Waals surface area contributed by atoms with Gasteiger partial charge < -0.3 is 21.1 Å². The van der Waals surface area contributed by atoms with E-state index in [1.165, 1.54) is 6.26 Å². The zero-order chi connectivity index (χ0) is 21.8. The van der Waals surface area contributed by atoms with Crippen molar-refractivity contribution < 1.29 is 14.1 Å². The number of benzene rings is 1. The van der Waals surface area contributed by atoms with Gasteiger partial charge in [-0.2, -0.15) is 4.98 Å². The molecular formula is C18H25BrN6O3S. The zero-order valence-corrected chi connectivity index (χ0v) is 19.0. The van der Waals surface area contributed by atoms with E-state index in [9.17, 15) is 14.1 Å². The molecule has 29 heavy (non-hydrogen) atoms. The number of rotatable bonds is 7. The number of hydrogen-bond acceptors (Lipinski definition) is 7. The highest BCUT2D eigenvalue weighted by molar-refractivity contribution is 9.10. The highest BCUT2D eigenvalue weighted by Gasteiger charge is 2.14. The fourth-order valence-corrected chi connectivity index (χ4v) is 2.98. The Morgan fingerprint density at radius 1 is 1.31 bits per heavy atom. The molecule has 0 aliphatic rings. The molecule has 11 heteroatoms. The number of nitrogens with zero attached hydrogens (tertiary/aromatic N) is 2. The molecule has 0 bridgehead atoms. The van der Waals surface area contributed by atoms with Gasteiger partial charge in [0.25, 0.3) is 0 Å². The van der Waals surface area contributed by atoms with Gasteiger partial charge in [-0.1, -0.05) is 6.07 Å². The lowest BCUT2D eigenvalue weighted by Gasteiger charge is -2.19. The van der Waals surface area contributed by atoms with Gasteiger partial charge in [0, 0.05) is 33.5 Å². The first kappa shape index (κ1) is 22.9. The SMILES string of the molecule is C=S(C)(=O)NC(=O)Nc1cccc(Nc2ncc(Br)c(N[C@H](C)[C@@H](C)O)n2)c1C. The smallest absolute Gasteiger partial charge is 0.330 e. The average molecular weight is 485 g/mol. The predicted octanol–water partition coefficient (Wildman–Crippen LogP) is 2.86. The van der Waals surface area contributed by atoms with Crippen LogP contribution in [-0.2, 0) is 9.71 Å². The first-order valence-electron chi connectivity index (χ1n) is 8.71. The lowest BCUT2D eigenvalue weighted by molar-refractivity contribution is 0.177. The maximum absolute atomic E-state index is 12.0. The minimum atomic E-state index is -2.67. The minimum absolute atomic E-state index is 0.205. The van der Waals surface area contributed by atoms with Crippen molar-refractivity contribution in [3.05, 3.63) is 34.4 Å². The molecule has 0 spiro atoms. The van der Waals surface area contributed by atoms with Crippen LogP contribution in [0.3, 0.4) is 0 Å². The van der Waals surface area contributed by atoms with Gasteiger partial charge in [0.2, 0.25) is 5.95 Å². The maximum Gasteiger partial charge on any atom is 0.330 e. The quantitative estimate of drug-likeness (QED) is 0.382. The summed E-state index contributed by atoms with van der Waals surface area (Å²) in [6.07, 6.45) is 2.39. The molecule has 1 heterocycles. The first-order valence-corrected chi connectivity index (χ1v) is 11.6. The van der Waals surface area contributed by atoms with Crippen molar-refractivity contribution in [2.75, 3.05) is 22.2 Å². The van der Waals surface area contributed by atoms with Crippen LogP contribution in [0.1, 0.15) is 19.4 Å². The van der Waals surface area contributed by atoms with Crippen molar-refractivity contribution in [2.24, 2.45) is 0 Å². The van der Waals surface area contributed by atoms with Gasteiger partial charge in [-0.15, -0.1) is 0 Å². The lowest BCUT2D eigenvalue weighted by atomic mass is 10.1. The molecule has 0 aliphatic heterocycles. The molecule has 0 radical (unpaired) electrons. The molecule has 0 fully saturated rings. The molecule has 1 unspecified atom stereocenters. The van der Waals surface area contributed by atoms with Gasteiger partial charge >= 0.3 is 6.03 Å². The Labute approximate surface area is 179 Å². The van der Waals surface area contributed by atoms with Gasteiger partial charge in [-0.25, -0.2) is 14.0 Å². The standard InChI is InChI=1S/C18H25BrN6O3S/c1-10-14(7-6-8-15(10)23-18(27)25-29(4,5)28)22-17-20-9-13(19)16(24-17)21-11(2)12(3)26/h6-9,11-12,26H,4H2,1-3,5H3,(H2,20,21,22,24)(H2,23,25,27,28)/t11-,12-,29?/m1/s1. The summed E-state index contributed by atoms with van der Waals surface area (Å²) in [5.74, 6) is 4.27. The molecule has 0 saturated carbocycles. The number of anilines is 4. The van der Waals surface area contributed by atoms with Crippen LogP contribution in [0.25, 0.3) is 0 Å². The maximum atomic E-state index is 12.0.